The van der Waals surface area contributed by atoms with Crippen molar-refractivity contribution in [3.63, 3.8) is 0 Å². The molecule has 34 heavy (non-hydrogen) atoms. The van der Waals surface area contributed by atoms with Gasteiger partial charge < -0.3 is 15.0 Å². The Labute approximate surface area is 210 Å². The number of ether oxygens (including phenoxy) is 1. The van der Waals surface area contributed by atoms with Crippen molar-refractivity contribution in [2.24, 2.45) is 0 Å². The number of amides is 2. The van der Waals surface area contributed by atoms with E-state index in [9.17, 15) is 18.0 Å². The summed E-state index contributed by atoms with van der Waals surface area (Å²) in [5.41, 5.74) is 0.914. The molecule has 0 aliphatic heterocycles. The lowest BCUT2D eigenvalue weighted by Crippen LogP contribution is -2.52. The first kappa shape index (κ1) is 27.8. The summed E-state index contributed by atoms with van der Waals surface area (Å²) in [6.45, 7) is 3.55. The second-order valence-corrected chi connectivity index (χ2v) is 10.4. The van der Waals surface area contributed by atoms with E-state index >= 15 is 0 Å². The SMILES string of the molecule is CCNC(=O)[C@H](CC)N(Cc1ccc(OC)cc1)C(=O)CN(c1cc(Cl)cc(Cl)c1)S(C)(=O)=O. The van der Waals surface area contributed by atoms with Gasteiger partial charge in [-0.3, -0.25) is 13.9 Å². The Kier molecular flexibility index (Phi) is 10.0. The maximum atomic E-state index is 13.5. The lowest BCUT2D eigenvalue weighted by atomic mass is 10.1. The fourth-order valence-corrected chi connectivity index (χ4v) is 4.78. The molecule has 0 spiro atoms. The van der Waals surface area contributed by atoms with Crippen LogP contribution in [0.3, 0.4) is 0 Å². The van der Waals surface area contributed by atoms with Crippen LogP contribution in [-0.2, 0) is 26.2 Å². The number of sulfonamides is 1. The Balaban J connectivity index is 2.45. The zero-order chi connectivity index (χ0) is 25.5. The van der Waals surface area contributed by atoms with Crippen molar-refractivity contribution in [3.8, 4) is 5.75 Å². The number of benzene rings is 2. The van der Waals surface area contributed by atoms with E-state index in [1.54, 1.807) is 45.2 Å². The predicted octanol–water partition coefficient (Wildman–Crippen LogP) is 3.71. The fourth-order valence-electron chi connectivity index (χ4n) is 3.44. The van der Waals surface area contributed by atoms with Gasteiger partial charge in [-0.05, 0) is 49.2 Å². The van der Waals surface area contributed by atoms with Gasteiger partial charge in [-0.15, -0.1) is 0 Å². The molecular weight excluding hydrogens is 501 g/mol. The van der Waals surface area contributed by atoms with E-state index in [0.717, 1.165) is 16.1 Å². The van der Waals surface area contributed by atoms with E-state index in [4.69, 9.17) is 27.9 Å². The van der Waals surface area contributed by atoms with Crippen LogP contribution in [0, 0.1) is 0 Å². The van der Waals surface area contributed by atoms with Crippen molar-refractivity contribution >= 4 is 50.7 Å². The fraction of sp³-hybridized carbons (Fsp3) is 0.391. The lowest BCUT2D eigenvalue weighted by Gasteiger charge is -2.32. The van der Waals surface area contributed by atoms with Crippen LogP contribution in [0.15, 0.2) is 42.5 Å². The Morgan fingerprint density at radius 1 is 1.06 bits per heavy atom. The Morgan fingerprint density at radius 3 is 2.12 bits per heavy atom. The van der Waals surface area contributed by atoms with E-state index in [-0.39, 0.29) is 28.2 Å². The molecule has 0 saturated carbocycles. The third-order valence-corrected chi connectivity index (χ3v) is 6.64. The van der Waals surface area contributed by atoms with Gasteiger partial charge in [0, 0.05) is 23.1 Å². The van der Waals surface area contributed by atoms with Crippen LogP contribution in [0.4, 0.5) is 5.69 Å². The van der Waals surface area contributed by atoms with E-state index in [1.165, 1.54) is 23.1 Å². The molecule has 1 atom stereocenters. The van der Waals surface area contributed by atoms with E-state index in [1.807, 2.05) is 0 Å². The topological polar surface area (TPSA) is 96.0 Å². The largest absolute Gasteiger partial charge is 0.497 e. The van der Waals surface area contributed by atoms with Crippen molar-refractivity contribution in [2.75, 3.05) is 30.8 Å². The first-order valence-corrected chi connectivity index (χ1v) is 13.2. The molecule has 0 saturated heterocycles. The molecule has 0 unspecified atom stereocenters. The van der Waals surface area contributed by atoms with Crippen LogP contribution in [0.25, 0.3) is 0 Å². The minimum Gasteiger partial charge on any atom is -0.497 e. The maximum absolute atomic E-state index is 13.5. The summed E-state index contributed by atoms with van der Waals surface area (Å²) in [6.07, 6.45) is 1.33. The average molecular weight is 530 g/mol. The van der Waals surface area contributed by atoms with Crippen molar-refractivity contribution in [1.82, 2.24) is 10.2 Å². The number of hydrogen-bond acceptors (Lipinski definition) is 5. The van der Waals surface area contributed by atoms with Crippen molar-refractivity contribution in [1.29, 1.82) is 0 Å². The Morgan fingerprint density at radius 2 is 1.65 bits per heavy atom. The van der Waals surface area contributed by atoms with Crippen molar-refractivity contribution in [2.45, 2.75) is 32.9 Å². The van der Waals surface area contributed by atoms with Gasteiger partial charge in [0.2, 0.25) is 21.8 Å². The van der Waals surface area contributed by atoms with Crippen LogP contribution >= 0.6 is 23.2 Å². The molecule has 186 valence electrons. The standard InChI is InChI=1S/C23H29Cl2N3O5S/c1-5-21(23(30)26-6-2)27(14-16-7-9-20(33-3)10-8-16)22(29)15-28(34(4,31)32)19-12-17(24)11-18(25)13-19/h7-13,21H,5-6,14-15H2,1-4H3,(H,26,30)/t21-/m0/s1. The molecule has 1 N–H and O–H groups in total. The van der Waals surface area contributed by atoms with Gasteiger partial charge in [0.15, 0.2) is 0 Å². The molecule has 0 fully saturated rings. The average Bonchev–Trinajstić information content (AvgIpc) is 2.76. The number of carbonyl (C=O) groups is 2. The highest BCUT2D eigenvalue weighted by atomic mass is 35.5. The van der Waals surface area contributed by atoms with Crippen LogP contribution in [-0.4, -0.2) is 57.6 Å². The molecule has 0 heterocycles. The number of hydrogen-bond donors (Lipinski definition) is 1. The lowest BCUT2D eigenvalue weighted by molar-refractivity contribution is -0.140. The quantitative estimate of drug-likeness (QED) is 0.478. The van der Waals surface area contributed by atoms with Gasteiger partial charge in [0.25, 0.3) is 0 Å². The van der Waals surface area contributed by atoms with Gasteiger partial charge in [0.1, 0.15) is 18.3 Å². The molecule has 0 aromatic heterocycles. The number of likely N-dealkylation sites (N-methyl/N-ethyl adjacent to an activating group) is 1. The normalized spacial score (nSPS) is 12.1. The molecule has 2 amide bonds. The zero-order valence-corrected chi connectivity index (χ0v) is 21.9. The first-order valence-electron chi connectivity index (χ1n) is 10.6. The predicted molar refractivity (Wildman–Crippen MR) is 135 cm³/mol. The van der Waals surface area contributed by atoms with E-state index in [0.29, 0.717) is 18.7 Å². The molecule has 2 aromatic rings. The number of anilines is 1. The van der Waals surface area contributed by atoms with Crippen LogP contribution in [0.2, 0.25) is 10.0 Å². The van der Waals surface area contributed by atoms with Crippen LogP contribution in [0.5, 0.6) is 5.75 Å². The van der Waals surface area contributed by atoms with Crippen molar-refractivity contribution in [3.05, 3.63) is 58.1 Å². The maximum Gasteiger partial charge on any atom is 0.244 e. The summed E-state index contributed by atoms with van der Waals surface area (Å²) in [5.74, 6) is -0.211. The highest BCUT2D eigenvalue weighted by molar-refractivity contribution is 7.92. The molecule has 0 radical (unpaired) electrons. The molecule has 0 aliphatic rings. The first-order chi connectivity index (χ1) is 16.0. The number of rotatable bonds is 11. The number of halogens is 2. The monoisotopic (exact) mass is 529 g/mol. The minimum absolute atomic E-state index is 0.104. The number of carbonyl (C=O) groups excluding carboxylic acids is 2. The van der Waals surface area contributed by atoms with Gasteiger partial charge in [-0.1, -0.05) is 42.3 Å². The summed E-state index contributed by atoms with van der Waals surface area (Å²) in [5, 5.41) is 3.20. The highest BCUT2D eigenvalue weighted by Gasteiger charge is 2.31. The Bertz CT molecular complexity index is 1090. The number of nitrogens with zero attached hydrogens (tertiary/aromatic N) is 2. The molecule has 0 aliphatic carbocycles. The molecule has 11 heteroatoms. The molecular formula is C23H29Cl2N3O5S. The minimum atomic E-state index is -3.87. The highest BCUT2D eigenvalue weighted by Crippen LogP contribution is 2.27. The molecule has 2 rings (SSSR count). The van der Waals surface area contributed by atoms with Gasteiger partial charge in [0.05, 0.1) is 19.1 Å². The Hall–Kier alpha value is -2.49. The van der Waals surface area contributed by atoms with Gasteiger partial charge in [-0.2, -0.15) is 0 Å². The van der Waals surface area contributed by atoms with E-state index < -0.39 is 28.5 Å². The third-order valence-electron chi connectivity index (χ3n) is 5.06. The number of methoxy groups -OCH3 is 1. The second kappa shape index (κ2) is 12.3. The van der Waals surface area contributed by atoms with Crippen molar-refractivity contribution < 1.29 is 22.7 Å². The van der Waals surface area contributed by atoms with Gasteiger partial charge >= 0.3 is 0 Å². The van der Waals surface area contributed by atoms with Gasteiger partial charge in [-0.25, -0.2) is 8.42 Å². The summed E-state index contributed by atoms with van der Waals surface area (Å²) in [6, 6.07) is 10.6. The third kappa shape index (κ3) is 7.51. The number of nitrogens with one attached hydrogen (secondary N) is 1. The van der Waals surface area contributed by atoms with Crippen LogP contribution in [0.1, 0.15) is 25.8 Å². The summed E-state index contributed by atoms with van der Waals surface area (Å²) < 4.78 is 31.3. The molecule has 8 nitrogen and oxygen atoms in total. The summed E-state index contributed by atoms with van der Waals surface area (Å²) >= 11 is 12.1. The molecule has 0 bridgehead atoms. The smallest absolute Gasteiger partial charge is 0.244 e. The van der Waals surface area contributed by atoms with E-state index in [2.05, 4.69) is 5.32 Å². The van der Waals surface area contributed by atoms with Crippen LogP contribution < -0.4 is 14.4 Å². The summed E-state index contributed by atoms with van der Waals surface area (Å²) in [4.78, 5) is 27.7. The zero-order valence-electron chi connectivity index (χ0n) is 19.5. The summed E-state index contributed by atoms with van der Waals surface area (Å²) in [7, 11) is -2.32. The molecule has 2 aromatic carbocycles. The second-order valence-electron chi connectivity index (χ2n) is 7.59.